The number of urea groups is 1. The van der Waals surface area contributed by atoms with Gasteiger partial charge in [-0.1, -0.05) is 36.7 Å². The Bertz CT molecular complexity index is 1750. The van der Waals surface area contributed by atoms with Crippen molar-refractivity contribution in [2.24, 2.45) is 28.0 Å². The van der Waals surface area contributed by atoms with Gasteiger partial charge in [-0.05, 0) is 97.7 Å². The lowest BCUT2D eigenvalue weighted by Crippen LogP contribution is -2.44. The van der Waals surface area contributed by atoms with Crippen molar-refractivity contribution in [2.75, 3.05) is 38.0 Å². The van der Waals surface area contributed by atoms with Gasteiger partial charge in [0.15, 0.2) is 0 Å². The number of nitrogens with one attached hydrogen (secondary N) is 2. The first-order chi connectivity index (χ1) is 24.5. The summed E-state index contributed by atoms with van der Waals surface area (Å²) >= 11 is 6.44. The Kier molecular flexibility index (Phi) is 11.9. The van der Waals surface area contributed by atoms with Gasteiger partial charge in [0.25, 0.3) is 5.91 Å². The van der Waals surface area contributed by atoms with Crippen LogP contribution in [-0.2, 0) is 32.4 Å². The molecule has 8 atom stereocenters. The third-order valence-electron chi connectivity index (χ3n) is 10.6. The number of aryl methyl sites for hydroxylation is 1. The predicted octanol–water partition coefficient (Wildman–Crippen LogP) is 6.80. The summed E-state index contributed by atoms with van der Waals surface area (Å²) < 4.78 is 65.4. The molecule has 278 valence electrons. The summed E-state index contributed by atoms with van der Waals surface area (Å²) in [6, 6.07) is 9.36. The van der Waals surface area contributed by atoms with E-state index in [-0.39, 0.29) is 35.7 Å². The molecule has 2 saturated carbocycles. The van der Waals surface area contributed by atoms with E-state index in [9.17, 15) is 22.6 Å². The highest BCUT2D eigenvalue weighted by Gasteiger charge is 2.45. The van der Waals surface area contributed by atoms with Gasteiger partial charge < -0.3 is 24.4 Å². The molecule has 0 spiro atoms. The maximum Gasteiger partial charge on any atom is 0.327 e. The number of benzene rings is 2. The lowest BCUT2D eigenvalue weighted by atomic mass is 9.70. The fraction of sp³-hybridized carbons (Fsp3) is 0.568. The zero-order valence-electron chi connectivity index (χ0n) is 29.2. The molecule has 51 heavy (non-hydrogen) atoms. The standard InChI is InChI=1S/C37H47ClF2N4O6S/c1-22-21-51(47,43-37(46)41-30-18-29(30)35(39)40)42-36(45)24-9-12-34-31(17-24)44(19-25-7-10-27(38)16-23(25)6-4-5-15-50-34)20-26-8-11-28(26)33(49-3)14-13-32(22)48-2/h7,9-10,12-14,16-17,22,26,28-30,32-33,35H,4-6,8,11,15,18-21H2,1-3H3,(H2,41,42,43,45,46,47)/b14-13+/t22-,26+,28-,29+,30+,32+,33+,51?/m1/s1. The summed E-state index contributed by atoms with van der Waals surface area (Å²) in [7, 11) is -0.552. The van der Waals surface area contributed by atoms with Crippen LogP contribution in [0.2, 0.25) is 5.02 Å². The van der Waals surface area contributed by atoms with Gasteiger partial charge >= 0.3 is 6.03 Å². The molecule has 6 rings (SSSR count). The number of rotatable bonds is 5. The summed E-state index contributed by atoms with van der Waals surface area (Å²) in [6.45, 7) is 3.48. The van der Waals surface area contributed by atoms with E-state index in [1.165, 1.54) is 7.11 Å². The van der Waals surface area contributed by atoms with E-state index in [1.54, 1.807) is 32.2 Å². The number of hydrogen-bond donors (Lipinski definition) is 2. The first-order valence-corrected chi connectivity index (χ1v) is 19.7. The average Bonchev–Trinajstić information content (AvgIpc) is 3.85. The van der Waals surface area contributed by atoms with Gasteiger partial charge in [-0.25, -0.2) is 17.8 Å². The average molecular weight is 749 g/mol. The smallest absolute Gasteiger partial charge is 0.327 e. The quantitative estimate of drug-likeness (QED) is 0.323. The van der Waals surface area contributed by atoms with Gasteiger partial charge in [-0.2, -0.15) is 0 Å². The van der Waals surface area contributed by atoms with Crippen molar-refractivity contribution >= 4 is 39.1 Å². The van der Waals surface area contributed by atoms with E-state index >= 15 is 0 Å². The van der Waals surface area contributed by atoms with Crippen LogP contribution in [0.25, 0.3) is 0 Å². The molecule has 2 heterocycles. The van der Waals surface area contributed by atoms with Gasteiger partial charge in [0.1, 0.15) is 15.7 Å². The molecule has 2 aliphatic carbocycles. The molecule has 2 fully saturated rings. The van der Waals surface area contributed by atoms with Gasteiger partial charge in [-0.3, -0.25) is 9.52 Å². The molecule has 2 N–H and O–H groups in total. The largest absolute Gasteiger partial charge is 0.491 e. The van der Waals surface area contributed by atoms with Crippen molar-refractivity contribution in [1.29, 1.82) is 0 Å². The van der Waals surface area contributed by atoms with E-state index in [0.717, 1.165) is 43.2 Å². The van der Waals surface area contributed by atoms with Crippen LogP contribution in [0, 0.1) is 23.7 Å². The number of ether oxygens (including phenoxy) is 3. The molecule has 2 bridgehead atoms. The Morgan fingerprint density at radius 1 is 1.08 bits per heavy atom. The van der Waals surface area contributed by atoms with E-state index in [2.05, 4.69) is 25.4 Å². The third kappa shape index (κ3) is 9.04. The number of nitrogens with zero attached hydrogens (tertiary/aromatic N) is 2. The van der Waals surface area contributed by atoms with Crippen molar-refractivity contribution < 1.29 is 36.8 Å². The second kappa shape index (κ2) is 16.2. The van der Waals surface area contributed by atoms with Crippen molar-refractivity contribution in [3.63, 3.8) is 0 Å². The molecule has 2 aromatic carbocycles. The van der Waals surface area contributed by atoms with E-state index < -0.39 is 52.3 Å². The molecule has 0 radical (unpaired) electrons. The number of amides is 3. The minimum Gasteiger partial charge on any atom is -0.491 e. The molecule has 2 aliphatic heterocycles. The van der Waals surface area contributed by atoms with Gasteiger partial charge in [-0.15, -0.1) is 4.36 Å². The Morgan fingerprint density at radius 2 is 1.86 bits per heavy atom. The molecule has 3 amide bonds. The van der Waals surface area contributed by atoms with E-state index in [4.69, 9.17) is 25.8 Å². The Labute approximate surface area is 303 Å². The van der Waals surface area contributed by atoms with E-state index in [1.807, 2.05) is 24.3 Å². The number of hydrogen-bond acceptors (Lipinski definition) is 7. The summed E-state index contributed by atoms with van der Waals surface area (Å²) in [5, 5.41) is 3.14. The second-order valence-corrected chi connectivity index (χ2v) is 16.6. The second-order valence-electron chi connectivity index (χ2n) is 14.2. The minimum absolute atomic E-state index is 0.114. The molecule has 0 aromatic heterocycles. The topological polar surface area (TPSA) is 119 Å². The van der Waals surface area contributed by atoms with Crippen LogP contribution in [0.15, 0.2) is 52.9 Å². The zero-order chi connectivity index (χ0) is 36.3. The van der Waals surface area contributed by atoms with Crippen LogP contribution in [0.1, 0.15) is 60.5 Å². The SMILES string of the molecule is CO[C@H]1/C=C/[C@H](OC)[C@H](C)CS(=O)(NC(=O)N[C@H]2C[C@@H]2C(F)F)=NC(=O)c2ccc3c(c2)N(Cc2ccc(Cl)cc2CCCCO3)C[C@@H]2CC[C@H]21. The number of methoxy groups -OCH3 is 2. The van der Waals surface area contributed by atoms with Crippen LogP contribution in [0.4, 0.5) is 19.3 Å². The third-order valence-corrected chi connectivity index (χ3v) is 12.8. The summed E-state index contributed by atoms with van der Waals surface area (Å²) in [4.78, 5) is 29.2. The van der Waals surface area contributed by atoms with Gasteiger partial charge in [0, 0.05) is 49.9 Å². The number of halogens is 3. The molecule has 10 nitrogen and oxygen atoms in total. The van der Waals surface area contributed by atoms with Crippen molar-refractivity contribution in [3.8, 4) is 5.75 Å². The lowest BCUT2D eigenvalue weighted by molar-refractivity contribution is 0.0122. The maximum atomic E-state index is 14.5. The van der Waals surface area contributed by atoms with Crippen LogP contribution in [0.5, 0.6) is 5.75 Å². The van der Waals surface area contributed by atoms with Crippen LogP contribution in [-0.4, -0.2) is 73.9 Å². The number of carbonyl (C=O) groups excluding carboxylic acids is 2. The summed E-state index contributed by atoms with van der Waals surface area (Å²) in [6.07, 6.45) is 5.21. The molecular weight excluding hydrogens is 702 g/mol. The number of carbonyl (C=O) groups is 2. The fourth-order valence-electron chi connectivity index (χ4n) is 7.45. The number of alkyl halides is 2. The lowest BCUT2D eigenvalue weighted by Gasteiger charge is -2.43. The Balaban J connectivity index is 1.43. The zero-order valence-corrected chi connectivity index (χ0v) is 30.8. The maximum absolute atomic E-state index is 14.5. The summed E-state index contributed by atoms with van der Waals surface area (Å²) in [5.74, 6) is -1.35. The molecule has 4 aliphatic rings. The van der Waals surface area contributed by atoms with Crippen LogP contribution >= 0.6 is 11.6 Å². The molecular formula is C37H47ClF2N4O6S. The number of fused-ring (bicyclic) bond motifs is 3. The highest BCUT2D eigenvalue weighted by atomic mass is 35.5. The molecule has 0 saturated heterocycles. The molecule has 14 heteroatoms. The molecule has 1 unspecified atom stereocenters. The van der Waals surface area contributed by atoms with Crippen LogP contribution < -0.4 is 19.7 Å². The monoisotopic (exact) mass is 748 g/mol. The summed E-state index contributed by atoms with van der Waals surface area (Å²) in [5.41, 5.74) is 3.17. The highest BCUT2D eigenvalue weighted by Crippen LogP contribution is 2.42. The van der Waals surface area contributed by atoms with Crippen LogP contribution in [0.3, 0.4) is 0 Å². The first-order valence-electron chi connectivity index (χ1n) is 17.7. The predicted molar refractivity (Wildman–Crippen MR) is 193 cm³/mol. The molecule has 2 aromatic rings. The Morgan fingerprint density at radius 3 is 2.57 bits per heavy atom. The fourth-order valence-corrected chi connectivity index (χ4v) is 9.47. The van der Waals surface area contributed by atoms with E-state index in [0.29, 0.717) is 36.2 Å². The Hall–Kier alpha value is -3.26. The highest BCUT2D eigenvalue weighted by molar-refractivity contribution is 7.92. The van der Waals surface area contributed by atoms with Gasteiger partial charge in [0.05, 0.1) is 30.3 Å². The first kappa shape index (κ1) is 37.5. The van der Waals surface area contributed by atoms with Crippen molar-refractivity contribution in [3.05, 3.63) is 70.3 Å². The minimum atomic E-state index is -3.77. The van der Waals surface area contributed by atoms with Crippen molar-refractivity contribution in [1.82, 2.24) is 10.0 Å². The van der Waals surface area contributed by atoms with Crippen molar-refractivity contribution in [2.45, 2.75) is 76.7 Å². The normalized spacial score (nSPS) is 31.8. The van der Waals surface area contributed by atoms with Gasteiger partial charge in [0.2, 0.25) is 6.43 Å². The number of anilines is 1.